The number of rotatable bonds is 2. The van der Waals surface area contributed by atoms with Crippen LogP contribution in [-0.2, 0) is 4.79 Å². The second-order valence-corrected chi connectivity index (χ2v) is 2.30. The van der Waals surface area contributed by atoms with Crippen LogP contribution in [0.1, 0.15) is 17.4 Å². The third kappa shape index (κ3) is 3.70. The lowest BCUT2D eigenvalue weighted by Gasteiger charge is -1.91. The van der Waals surface area contributed by atoms with Gasteiger partial charge in [-0.05, 0) is 12.8 Å². The monoisotopic (exact) mass is 229 g/mol. The summed E-state index contributed by atoms with van der Waals surface area (Å²) in [6.07, 6.45) is 0. The van der Waals surface area contributed by atoms with Gasteiger partial charge in [-0.3, -0.25) is 15.2 Å². The average molecular weight is 230 g/mol. The van der Waals surface area contributed by atoms with Crippen LogP contribution < -0.4 is 5.32 Å². The van der Waals surface area contributed by atoms with Gasteiger partial charge in [0.25, 0.3) is 0 Å². The molecule has 0 fully saturated rings. The Hall–Kier alpha value is -2.00. The topological polar surface area (TPSA) is 95.1 Å². The van der Waals surface area contributed by atoms with Crippen molar-refractivity contribution in [1.82, 2.24) is 10.2 Å². The molecule has 7 heteroatoms. The van der Waals surface area contributed by atoms with Crippen molar-refractivity contribution in [2.24, 2.45) is 0 Å². The van der Waals surface area contributed by atoms with Crippen LogP contribution in [0.2, 0.25) is 0 Å². The van der Waals surface area contributed by atoms with Gasteiger partial charge in [0, 0.05) is 6.07 Å². The number of nitrogens with one attached hydrogen (secondary N) is 2. The highest BCUT2D eigenvalue weighted by atomic mass is 35.5. The Labute approximate surface area is 91.5 Å². The lowest BCUT2D eigenvalue weighted by atomic mass is 10.4. The highest BCUT2D eigenvalue weighted by molar-refractivity contribution is 6.03. The molecule has 0 aromatic carbocycles. The van der Waals surface area contributed by atoms with E-state index in [-0.39, 0.29) is 23.9 Å². The molecule has 0 aliphatic heterocycles. The van der Waals surface area contributed by atoms with Gasteiger partial charge in [0.05, 0.1) is 0 Å². The summed E-state index contributed by atoms with van der Waals surface area (Å²) in [5.74, 6) is 3.10. The van der Waals surface area contributed by atoms with Crippen LogP contribution in [0.5, 0.6) is 0 Å². The molecule has 0 aliphatic rings. The minimum atomic E-state index is -1.14. The number of hydrogen-bond acceptors (Lipinski definition) is 3. The van der Waals surface area contributed by atoms with Crippen molar-refractivity contribution >= 4 is 30.1 Å². The number of hydrogen-bond donors (Lipinski definition) is 3. The number of carboxylic acids is 1. The lowest BCUT2D eigenvalue weighted by Crippen LogP contribution is -2.08. The quantitative estimate of drug-likeness (QED) is 0.644. The van der Waals surface area contributed by atoms with E-state index in [1.807, 2.05) is 0 Å². The highest BCUT2D eigenvalue weighted by Crippen LogP contribution is 2.04. The maximum atomic E-state index is 10.9. The van der Waals surface area contributed by atoms with Crippen molar-refractivity contribution in [3.8, 4) is 11.8 Å². The molecule has 0 aliphatic carbocycles. The van der Waals surface area contributed by atoms with Crippen molar-refractivity contribution in [2.75, 3.05) is 5.32 Å². The van der Waals surface area contributed by atoms with Crippen molar-refractivity contribution in [3.63, 3.8) is 0 Å². The number of nitrogens with zero attached hydrogens (tertiary/aromatic N) is 1. The number of carbonyl (C=O) groups is 2. The van der Waals surface area contributed by atoms with E-state index >= 15 is 0 Å². The zero-order valence-electron chi connectivity index (χ0n) is 7.70. The van der Waals surface area contributed by atoms with Gasteiger partial charge < -0.3 is 5.11 Å². The van der Waals surface area contributed by atoms with Crippen molar-refractivity contribution in [1.29, 1.82) is 0 Å². The summed E-state index contributed by atoms with van der Waals surface area (Å²) in [6, 6.07) is 1.21. The summed E-state index contributed by atoms with van der Waals surface area (Å²) in [7, 11) is 0. The zero-order valence-corrected chi connectivity index (χ0v) is 8.51. The third-order valence-corrected chi connectivity index (χ3v) is 1.29. The number of aromatic amines is 1. The summed E-state index contributed by atoms with van der Waals surface area (Å²) in [4.78, 5) is 21.3. The molecule has 1 amide bonds. The molecule has 0 saturated carbocycles. The first kappa shape index (κ1) is 13.0. The second-order valence-electron chi connectivity index (χ2n) is 2.30. The summed E-state index contributed by atoms with van der Waals surface area (Å²) >= 11 is 0. The lowest BCUT2D eigenvalue weighted by molar-refractivity contribution is -0.111. The molecule has 1 aromatic rings. The largest absolute Gasteiger partial charge is 0.477 e. The summed E-state index contributed by atoms with van der Waals surface area (Å²) in [6.45, 7) is 1.52. The molecule has 15 heavy (non-hydrogen) atoms. The van der Waals surface area contributed by atoms with Crippen molar-refractivity contribution < 1.29 is 14.7 Å². The third-order valence-electron chi connectivity index (χ3n) is 1.29. The Morgan fingerprint density at radius 2 is 2.27 bits per heavy atom. The van der Waals surface area contributed by atoms with E-state index in [9.17, 15) is 9.59 Å². The minimum Gasteiger partial charge on any atom is -0.477 e. The first-order chi connectivity index (χ1) is 6.63. The maximum absolute atomic E-state index is 10.9. The summed E-state index contributed by atoms with van der Waals surface area (Å²) < 4.78 is 0. The molecular weight excluding hydrogens is 222 g/mol. The number of aromatic nitrogens is 2. The van der Waals surface area contributed by atoms with E-state index in [0.29, 0.717) is 0 Å². The van der Waals surface area contributed by atoms with Crippen LogP contribution in [0.3, 0.4) is 0 Å². The van der Waals surface area contributed by atoms with Gasteiger partial charge in [-0.2, -0.15) is 5.10 Å². The number of amides is 1. The predicted octanol–water partition coefficient (Wildman–Crippen LogP) is 0.491. The van der Waals surface area contributed by atoms with Crippen molar-refractivity contribution in [2.45, 2.75) is 6.92 Å². The van der Waals surface area contributed by atoms with Gasteiger partial charge in [0.2, 0.25) is 0 Å². The van der Waals surface area contributed by atoms with Gasteiger partial charge in [-0.25, -0.2) is 4.79 Å². The molecule has 80 valence electrons. The molecule has 6 nitrogen and oxygen atoms in total. The molecule has 0 saturated heterocycles. The van der Waals surface area contributed by atoms with Crippen LogP contribution in [0, 0.1) is 11.8 Å². The predicted molar refractivity (Wildman–Crippen MR) is 54.9 cm³/mol. The number of aromatic carboxylic acids is 1. The smallest absolute Gasteiger partial charge is 0.353 e. The van der Waals surface area contributed by atoms with Gasteiger partial charge in [0.15, 0.2) is 5.82 Å². The Kier molecular flexibility index (Phi) is 4.92. The standard InChI is InChI=1S/C8H7N3O3.ClH/c1-2-3-7(12)9-6-4-5(8(13)14)10-11-6;/h4H,1H3,(H,13,14)(H2,9,10,11,12);1H. The van der Waals surface area contributed by atoms with Gasteiger partial charge in [0.1, 0.15) is 5.69 Å². The molecule has 0 radical (unpaired) electrons. The number of H-pyrrole nitrogens is 1. The first-order valence-electron chi connectivity index (χ1n) is 3.66. The fraction of sp³-hybridized carbons (Fsp3) is 0.125. The van der Waals surface area contributed by atoms with Crippen LogP contribution >= 0.6 is 12.4 Å². The molecule has 0 unspecified atom stereocenters. The Balaban J connectivity index is 0.00000196. The fourth-order valence-electron chi connectivity index (χ4n) is 0.756. The SMILES string of the molecule is CC#CC(=O)Nc1cc(C(=O)O)[nH]n1.Cl. The van der Waals surface area contributed by atoms with E-state index in [1.54, 1.807) is 0 Å². The number of halogens is 1. The van der Waals surface area contributed by atoms with E-state index in [4.69, 9.17) is 5.11 Å². The number of carbonyl (C=O) groups excluding carboxylic acids is 1. The maximum Gasteiger partial charge on any atom is 0.353 e. The van der Waals surface area contributed by atoms with Crippen LogP contribution in [-0.4, -0.2) is 27.2 Å². The zero-order chi connectivity index (χ0) is 10.6. The van der Waals surface area contributed by atoms with Gasteiger partial charge >= 0.3 is 11.9 Å². The molecule has 0 atom stereocenters. The van der Waals surface area contributed by atoms with Gasteiger partial charge in [-0.15, -0.1) is 12.4 Å². The summed E-state index contributed by atoms with van der Waals surface area (Å²) in [5.41, 5.74) is -0.0928. The second kappa shape index (κ2) is 5.67. The molecule has 1 rings (SSSR count). The van der Waals surface area contributed by atoms with Crippen LogP contribution in [0.4, 0.5) is 5.82 Å². The van der Waals surface area contributed by atoms with E-state index in [0.717, 1.165) is 0 Å². The average Bonchev–Trinajstić information content (AvgIpc) is 2.53. The van der Waals surface area contributed by atoms with Gasteiger partial charge in [-0.1, -0.05) is 5.92 Å². The normalized spacial score (nSPS) is 8.07. The Bertz CT molecular complexity index is 430. The fourth-order valence-corrected chi connectivity index (χ4v) is 0.756. The number of anilines is 1. The van der Waals surface area contributed by atoms with E-state index in [2.05, 4.69) is 27.4 Å². The molecule has 1 heterocycles. The van der Waals surface area contributed by atoms with Crippen LogP contribution in [0.15, 0.2) is 6.07 Å². The van der Waals surface area contributed by atoms with E-state index < -0.39 is 11.9 Å². The van der Waals surface area contributed by atoms with Crippen LogP contribution in [0.25, 0.3) is 0 Å². The Morgan fingerprint density at radius 3 is 2.73 bits per heavy atom. The molecule has 1 aromatic heterocycles. The first-order valence-corrected chi connectivity index (χ1v) is 3.66. The molecular formula is C8H8ClN3O3. The van der Waals surface area contributed by atoms with Crippen molar-refractivity contribution in [3.05, 3.63) is 11.8 Å². The van der Waals surface area contributed by atoms with E-state index in [1.165, 1.54) is 13.0 Å². The number of carboxylic acid groups (broad SMARTS) is 1. The molecule has 0 spiro atoms. The molecule has 3 N–H and O–H groups in total. The highest BCUT2D eigenvalue weighted by Gasteiger charge is 2.08. The minimum absolute atomic E-state index is 0. The molecule has 0 bridgehead atoms. The Morgan fingerprint density at radius 1 is 1.60 bits per heavy atom. The summed E-state index contributed by atoms with van der Waals surface area (Å²) in [5, 5.41) is 16.6.